The summed E-state index contributed by atoms with van der Waals surface area (Å²) in [7, 11) is 0. The van der Waals surface area contributed by atoms with Crippen molar-refractivity contribution in [1.82, 2.24) is 20.5 Å². The molecule has 1 aliphatic rings. The van der Waals surface area contributed by atoms with E-state index in [1.54, 1.807) is 0 Å². The van der Waals surface area contributed by atoms with Crippen molar-refractivity contribution in [2.45, 2.75) is 34.5 Å². The number of rotatable bonds is 9. The number of nitrogens with one attached hydrogen (secondary N) is 2. The first-order valence-corrected chi connectivity index (χ1v) is 13.3. The molecule has 1 atom stereocenters. The first kappa shape index (κ1) is 22.5. The van der Waals surface area contributed by atoms with Crippen LogP contribution >= 0.6 is 46.2 Å². The zero-order valence-corrected chi connectivity index (χ0v) is 20.0. The SMILES string of the molecule is Cc1nnc(SCC(=O)Nc2ccc3nc(SCC(=O)NC[C@@H]4CCCO4)sc3c2)s1. The highest BCUT2D eigenvalue weighted by atomic mass is 32.2. The van der Waals surface area contributed by atoms with Crippen LogP contribution < -0.4 is 10.6 Å². The summed E-state index contributed by atoms with van der Waals surface area (Å²) in [6.45, 7) is 3.24. The van der Waals surface area contributed by atoms with Crippen LogP contribution in [0.4, 0.5) is 5.69 Å². The number of carbonyl (C=O) groups excluding carboxylic acids is 2. The van der Waals surface area contributed by atoms with E-state index < -0.39 is 0 Å². The van der Waals surface area contributed by atoms with Gasteiger partial charge in [-0.2, -0.15) is 0 Å². The molecule has 1 aliphatic heterocycles. The van der Waals surface area contributed by atoms with E-state index in [-0.39, 0.29) is 23.7 Å². The lowest BCUT2D eigenvalue weighted by molar-refractivity contribution is -0.119. The zero-order chi connectivity index (χ0) is 21.6. The second-order valence-corrected chi connectivity index (χ2v) is 11.5. The van der Waals surface area contributed by atoms with Gasteiger partial charge in [-0.15, -0.1) is 21.5 Å². The molecule has 0 aliphatic carbocycles. The van der Waals surface area contributed by atoms with Crippen LogP contribution in [0.5, 0.6) is 0 Å². The number of anilines is 1. The van der Waals surface area contributed by atoms with Crippen LogP contribution in [-0.4, -0.2) is 57.8 Å². The maximum Gasteiger partial charge on any atom is 0.234 e. The van der Waals surface area contributed by atoms with E-state index >= 15 is 0 Å². The average Bonchev–Trinajstić information content (AvgIpc) is 3.50. The summed E-state index contributed by atoms with van der Waals surface area (Å²) in [5.74, 6) is 0.477. The largest absolute Gasteiger partial charge is 0.376 e. The number of carbonyl (C=O) groups is 2. The molecule has 0 saturated carbocycles. The molecule has 8 nitrogen and oxygen atoms in total. The van der Waals surface area contributed by atoms with E-state index in [2.05, 4.69) is 25.8 Å². The minimum Gasteiger partial charge on any atom is -0.376 e. The van der Waals surface area contributed by atoms with Crippen LogP contribution in [0, 0.1) is 6.92 Å². The number of benzene rings is 1. The second-order valence-electron chi connectivity index (χ2n) is 6.81. The molecule has 2 N–H and O–H groups in total. The van der Waals surface area contributed by atoms with Crippen molar-refractivity contribution in [1.29, 1.82) is 0 Å². The van der Waals surface area contributed by atoms with Gasteiger partial charge in [0, 0.05) is 18.8 Å². The van der Waals surface area contributed by atoms with Crippen molar-refractivity contribution >= 4 is 73.9 Å². The Morgan fingerprint density at radius 1 is 1.16 bits per heavy atom. The van der Waals surface area contributed by atoms with Gasteiger partial charge in [0.2, 0.25) is 11.8 Å². The Hall–Kier alpha value is -1.73. The molecular formula is C19H21N5O3S4. The summed E-state index contributed by atoms with van der Waals surface area (Å²) in [5.41, 5.74) is 1.57. The third-order valence-electron chi connectivity index (χ3n) is 4.36. The van der Waals surface area contributed by atoms with Gasteiger partial charge in [0.05, 0.1) is 27.8 Å². The monoisotopic (exact) mass is 495 g/mol. The standard InChI is InChI=1S/C19H21N5O3S4/c1-11-23-24-19(30-11)29-10-17(26)21-12-4-5-14-15(7-12)31-18(22-14)28-9-16(25)20-8-13-3-2-6-27-13/h4-5,7,13H,2-3,6,8-10H2,1H3,(H,20,25)(H,21,26)/t13-/m0/s1. The molecule has 12 heteroatoms. The van der Waals surface area contributed by atoms with Gasteiger partial charge in [0.15, 0.2) is 8.68 Å². The highest BCUT2D eigenvalue weighted by Crippen LogP contribution is 2.31. The smallest absolute Gasteiger partial charge is 0.234 e. The van der Waals surface area contributed by atoms with Crippen molar-refractivity contribution in [3.05, 3.63) is 23.2 Å². The fraction of sp³-hybridized carbons (Fsp3) is 0.421. The van der Waals surface area contributed by atoms with E-state index in [0.717, 1.165) is 49.0 Å². The van der Waals surface area contributed by atoms with Crippen molar-refractivity contribution in [2.24, 2.45) is 0 Å². The van der Waals surface area contributed by atoms with Gasteiger partial charge in [-0.25, -0.2) is 4.98 Å². The summed E-state index contributed by atoms with van der Waals surface area (Å²) in [6.07, 6.45) is 2.21. The van der Waals surface area contributed by atoms with E-state index in [0.29, 0.717) is 12.3 Å². The molecule has 1 saturated heterocycles. The molecule has 0 bridgehead atoms. The fourth-order valence-electron chi connectivity index (χ4n) is 2.92. The maximum absolute atomic E-state index is 12.2. The molecule has 4 rings (SSSR count). The van der Waals surface area contributed by atoms with E-state index in [4.69, 9.17) is 4.74 Å². The molecule has 31 heavy (non-hydrogen) atoms. The number of aromatic nitrogens is 3. The van der Waals surface area contributed by atoms with Crippen LogP contribution in [0.2, 0.25) is 0 Å². The molecule has 3 heterocycles. The number of amides is 2. The Morgan fingerprint density at radius 3 is 2.77 bits per heavy atom. The van der Waals surface area contributed by atoms with E-state index in [1.165, 1.54) is 46.2 Å². The molecular weight excluding hydrogens is 475 g/mol. The van der Waals surface area contributed by atoms with Crippen LogP contribution in [-0.2, 0) is 14.3 Å². The van der Waals surface area contributed by atoms with Gasteiger partial charge in [-0.1, -0.05) is 34.9 Å². The van der Waals surface area contributed by atoms with Crippen molar-refractivity contribution in [2.75, 3.05) is 30.0 Å². The minimum atomic E-state index is -0.0979. The second kappa shape index (κ2) is 10.7. The summed E-state index contributed by atoms with van der Waals surface area (Å²) in [5, 5.41) is 14.7. The first-order chi connectivity index (χ1) is 15.0. The number of aryl methyl sites for hydroxylation is 1. The summed E-state index contributed by atoms with van der Waals surface area (Å²) in [4.78, 5) is 28.9. The van der Waals surface area contributed by atoms with Crippen molar-refractivity contribution in [3.63, 3.8) is 0 Å². The quantitative estimate of drug-likeness (QED) is 0.434. The van der Waals surface area contributed by atoms with Gasteiger partial charge in [0.1, 0.15) is 5.01 Å². The molecule has 1 aromatic carbocycles. The number of fused-ring (bicyclic) bond motifs is 1. The van der Waals surface area contributed by atoms with Gasteiger partial charge < -0.3 is 15.4 Å². The fourth-order valence-corrected chi connectivity index (χ4v) is 6.47. The number of hydrogen-bond donors (Lipinski definition) is 2. The normalized spacial score (nSPS) is 16.0. The Labute approximate surface area is 196 Å². The van der Waals surface area contributed by atoms with Crippen LogP contribution in [0.15, 0.2) is 26.9 Å². The van der Waals surface area contributed by atoms with Crippen molar-refractivity contribution < 1.29 is 14.3 Å². The minimum absolute atomic E-state index is 0.0177. The lowest BCUT2D eigenvalue weighted by Gasteiger charge is -2.09. The number of thiazole rings is 1. The third-order valence-corrected chi connectivity index (χ3v) is 8.50. The molecule has 2 amide bonds. The number of ether oxygens (including phenoxy) is 1. The highest BCUT2D eigenvalue weighted by Gasteiger charge is 2.16. The molecule has 1 fully saturated rings. The Balaban J connectivity index is 1.26. The summed E-state index contributed by atoms with van der Waals surface area (Å²) >= 11 is 5.77. The molecule has 0 radical (unpaired) electrons. The van der Waals surface area contributed by atoms with E-state index in [9.17, 15) is 9.59 Å². The Bertz CT molecular complexity index is 1060. The zero-order valence-electron chi connectivity index (χ0n) is 16.8. The van der Waals surface area contributed by atoms with Crippen LogP contribution in [0.3, 0.4) is 0 Å². The van der Waals surface area contributed by atoms with Gasteiger partial charge in [0.25, 0.3) is 0 Å². The topological polar surface area (TPSA) is 106 Å². The first-order valence-electron chi connectivity index (χ1n) is 9.69. The van der Waals surface area contributed by atoms with Crippen molar-refractivity contribution in [3.8, 4) is 0 Å². The molecule has 2 aromatic heterocycles. The lowest BCUT2D eigenvalue weighted by Crippen LogP contribution is -2.32. The highest BCUT2D eigenvalue weighted by molar-refractivity contribution is 8.02. The molecule has 164 valence electrons. The number of hydrogen-bond acceptors (Lipinski definition) is 10. The Kier molecular flexibility index (Phi) is 7.77. The third kappa shape index (κ3) is 6.62. The lowest BCUT2D eigenvalue weighted by atomic mass is 10.2. The number of thioether (sulfide) groups is 2. The van der Waals surface area contributed by atoms with Gasteiger partial charge >= 0.3 is 0 Å². The van der Waals surface area contributed by atoms with Crippen LogP contribution in [0.1, 0.15) is 17.8 Å². The van der Waals surface area contributed by atoms with Gasteiger partial charge in [-0.05, 0) is 38.0 Å². The average molecular weight is 496 g/mol. The maximum atomic E-state index is 12.2. The molecule has 0 spiro atoms. The van der Waals surface area contributed by atoms with Gasteiger partial charge in [-0.3, -0.25) is 9.59 Å². The number of nitrogens with zero attached hydrogens (tertiary/aromatic N) is 3. The summed E-state index contributed by atoms with van der Waals surface area (Å²) < 4.78 is 8.09. The summed E-state index contributed by atoms with van der Waals surface area (Å²) in [6, 6.07) is 5.62. The Morgan fingerprint density at radius 2 is 2.00 bits per heavy atom. The molecule has 3 aromatic rings. The van der Waals surface area contributed by atoms with Crippen LogP contribution in [0.25, 0.3) is 10.2 Å². The predicted octanol–water partition coefficient (Wildman–Crippen LogP) is 3.57. The molecule has 0 unspecified atom stereocenters. The van der Waals surface area contributed by atoms with E-state index in [1.807, 2.05) is 25.1 Å². The predicted molar refractivity (Wildman–Crippen MR) is 126 cm³/mol.